The van der Waals surface area contributed by atoms with E-state index in [2.05, 4.69) is 0 Å². The fourth-order valence-electron chi connectivity index (χ4n) is 2.09. The van der Waals surface area contributed by atoms with E-state index in [0.717, 1.165) is 12.8 Å². The third-order valence-electron chi connectivity index (χ3n) is 3.38. The Bertz CT molecular complexity index is 618. The second kappa shape index (κ2) is 6.81. The molecule has 1 fully saturated rings. The number of halogens is 2. The van der Waals surface area contributed by atoms with Gasteiger partial charge in [0.25, 0.3) is 0 Å². The molecule has 2 N–H and O–H groups in total. The molecule has 8 heteroatoms. The van der Waals surface area contributed by atoms with Gasteiger partial charge in [-0.05, 0) is 30.5 Å². The van der Waals surface area contributed by atoms with E-state index in [-0.39, 0.29) is 22.5 Å². The first-order valence-electron chi connectivity index (χ1n) is 6.60. The van der Waals surface area contributed by atoms with Crippen LogP contribution in [-0.4, -0.2) is 39.0 Å². The molecule has 1 aromatic carbocycles. The summed E-state index contributed by atoms with van der Waals surface area (Å²) < 4.78 is 32.1. The van der Waals surface area contributed by atoms with E-state index in [1.807, 2.05) is 0 Å². The molecule has 1 aliphatic carbocycles. The van der Waals surface area contributed by atoms with E-state index in [1.54, 1.807) is 7.11 Å². The van der Waals surface area contributed by atoms with Crippen molar-refractivity contribution in [2.75, 3.05) is 20.3 Å². The van der Waals surface area contributed by atoms with Crippen LogP contribution in [0.2, 0.25) is 10.0 Å². The summed E-state index contributed by atoms with van der Waals surface area (Å²) in [7, 11) is -2.14. The second-order valence-corrected chi connectivity index (χ2v) is 7.59. The van der Waals surface area contributed by atoms with Crippen molar-refractivity contribution in [2.24, 2.45) is 5.73 Å². The molecule has 0 amide bonds. The van der Waals surface area contributed by atoms with E-state index in [4.69, 9.17) is 33.7 Å². The minimum Gasteiger partial charge on any atom is -0.383 e. The van der Waals surface area contributed by atoms with Gasteiger partial charge in [0.05, 0.1) is 11.6 Å². The molecule has 0 atom stereocenters. The lowest BCUT2D eigenvalue weighted by Crippen LogP contribution is -2.36. The molecule has 1 saturated carbocycles. The number of hydrogen-bond acceptors (Lipinski definition) is 4. The van der Waals surface area contributed by atoms with Crippen LogP contribution in [0.15, 0.2) is 17.0 Å². The van der Waals surface area contributed by atoms with Crippen LogP contribution in [-0.2, 0) is 21.3 Å². The van der Waals surface area contributed by atoms with Crippen LogP contribution < -0.4 is 5.73 Å². The third kappa shape index (κ3) is 3.70. The van der Waals surface area contributed by atoms with Crippen molar-refractivity contribution in [3.8, 4) is 0 Å². The van der Waals surface area contributed by atoms with Gasteiger partial charge >= 0.3 is 0 Å². The van der Waals surface area contributed by atoms with Crippen LogP contribution >= 0.6 is 23.2 Å². The summed E-state index contributed by atoms with van der Waals surface area (Å²) in [4.78, 5) is 0.0528. The average molecular weight is 353 g/mol. The van der Waals surface area contributed by atoms with Crippen LogP contribution in [0.25, 0.3) is 0 Å². The minimum absolute atomic E-state index is 0.0261. The number of rotatable bonds is 7. The highest BCUT2D eigenvalue weighted by Gasteiger charge is 2.38. The fourth-order valence-corrected chi connectivity index (χ4v) is 4.61. The van der Waals surface area contributed by atoms with Gasteiger partial charge in [0, 0.05) is 31.3 Å². The molecule has 0 aliphatic heterocycles. The lowest BCUT2D eigenvalue weighted by atomic mass is 10.2. The van der Waals surface area contributed by atoms with E-state index in [1.165, 1.54) is 16.4 Å². The van der Waals surface area contributed by atoms with Crippen molar-refractivity contribution in [3.05, 3.63) is 27.7 Å². The van der Waals surface area contributed by atoms with Crippen LogP contribution in [0.1, 0.15) is 18.4 Å². The molecule has 5 nitrogen and oxygen atoms in total. The first kappa shape index (κ1) is 17.0. The number of ether oxygens (including phenoxy) is 1. The first-order chi connectivity index (χ1) is 9.91. The Hall–Kier alpha value is -0.370. The van der Waals surface area contributed by atoms with E-state index < -0.39 is 10.0 Å². The van der Waals surface area contributed by atoms with Crippen LogP contribution in [0.4, 0.5) is 0 Å². The highest BCUT2D eigenvalue weighted by atomic mass is 35.5. The van der Waals surface area contributed by atoms with E-state index in [9.17, 15) is 8.42 Å². The molecule has 118 valence electrons. The quantitative estimate of drug-likeness (QED) is 0.816. The molecule has 0 spiro atoms. The lowest BCUT2D eigenvalue weighted by molar-refractivity contribution is 0.177. The van der Waals surface area contributed by atoms with Crippen molar-refractivity contribution in [1.82, 2.24) is 4.31 Å². The summed E-state index contributed by atoms with van der Waals surface area (Å²) in [5.74, 6) is 0. The Kier molecular flexibility index (Phi) is 5.51. The maximum Gasteiger partial charge on any atom is 0.244 e. The Morgan fingerprint density at radius 2 is 2.00 bits per heavy atom. The van der Waals surface area contributed by atoms with E-state index in [0.29, 0.717) is 23.7 Å². The number of benzene rings is 1. The lowest BCUT2D eigenvalue weighted by Gasteiger charge is -2.22. The summed E-state index contributed by atoms with van der Waals surface area (Å²) in [6, 6.07) is 2.92. The van der Waals surface area contributed by atoms with Gasteiger partial charge in [-0.2, -0.15) is 4.31 Å². The standard InChI is InChI=1S/C13H18Cl2N2O3S/c1-20-5-4-17(10-2-3-10)21(18,19)13-6-9(8-16)11(14)7-12(13)15/h6-7,10H,2-5,8,16H2,1H3. The zero-order valence-corrected chi connectivity index (χ0v) is 14.0. The summed E-state index contributed by atoms with van der Waals surface area (Å²) in [6.07, 6.45) is 1.72. The fraction of sp³-hybridized carbons (Fsp3) is 0.538. The predicted molar refractivity (Wildman–Crippen MR) is 83.1 cm³/mol. The van der Waals surface area contributed by atoms with Gasteiger partial charge in [0.2, 0.25) is 10.0 Å². The van der Waals surface area contributed by atoms with Crippen molar-refractivity contribution >= 4 is 33.2 Å². The molecule has 21 heavy (non-hydrogen) atoms. The summed E-state index contributed by atoms with van der Waals surface area (Å²) in [5.41, 5.74) is 6.14. The minimum atomic E-state index is -3.68. The normalized spacial score (nSPS) is 15.7. The van der Waals surface area contributed by atoms with E-state index >= 15 is 0 Å². The predicted octanol–water partition coefficient (Wildman–Crippen LogP) is 2.25. The van der Waals surface area contributed by atoms with Gasteiger partial charge in [-0.25, -0.2) is 8.42 Å². The molecule has 0 saturated heterocycles. The molecule has 0 bridgehead atoms. The highest BCUT2D eigenvalue weighted by molar-refractivity contribution is 7.89. The highest BCUT2D eigenvalue weighted by Crippen LogP contribution is 2.35. The smallest absolute Gasteiger partial charge is 0.244 e. The summed E-state index contributed by atoms with van der Waals surface area (Å²) >= 11 is 12.1. The maximum atomic E-state index is 12.8. The maximum absolute atomic E-state index is 12.8. The number of nitrogens with two attached hydrogens (primary N) is 1. The summed E-state index contributed by atoms with van der Waals surface area (Å²) in [5, 5.41) is 0.483. The largest absolute Gasteiger partial charge is 0.383 e. The topological polar surface area (TPSA) is 72.6 Å². The van der Waals surface area contributed by atoms with Crippen molar-refractivity contribution < 1.29 is 13.2 Å². The number of hydrogen-bond donors (Lipinski definition) is 1. The van der Waals surface area contributed by atoms with Gasteiger partial charge in [0.15, 0.2) is 0 Å². The molecule has 2 rings (SSSR count). The Morgan fingerprint density at radius 3 is 2.52 bits per heavy atom. The molecule has 1 aliphatic rings. The molecule has 0 heterocycles. The number of methoxy groups -OCH3 is 1. The Labute approximate surface area is 135 Å². The Morgan fingerprint density at radius 1 is 1.33 bits per heavy atom. The van der Waals surface area contributed by atoms with Crippen molar-refractivity contribution in [1.29, 1.82) is 0 Å². The number of nitrogens with zero attached hydrogens (tertiary/aromatic N) is 1. The zero-order chi connectivity index (χ0) is 15.6. The zero-order valence-electron chi connectivity index (χ0n) is 11.7. The third-order valence-corrected chi connectivity index (χ3v) is 6.15. The van der Waals surface area contributed by atoms with Crippen LogP contribution in [0.5, 0.6) is 0 Å². The molecule has 0 radical (unpaired) electrons. The molecular formula is C13H18Cl2N2O3S. The van der Waals surface area contributed by atoms with Crippen LogP contribution in [0, 0.1) is 0 Å². The van der Waals surface area contributed by atoms with Gasteiger partial charge in [-0.1, -0.05) is 23.2 Å². The van der Waals surface area contributed by atoms with Gasteiger partial charge in [0.1, 0.15) is 4.90 Å². The SMILES string of the molecule is COCCN(C1CC1)S(=O)(=O)c1cc(CN)c(Cl)cc1Cl. The van der Waals surface area contributed by atoms with Gasteiger partial charge in [-0.15, -0.1) is 0 Å². The second-order valence-electron chi connectivity index (χ2n) is 4.92. The summed E-state index contributed by atoms with van der Waals surface area (Å²) in [6.45, 7) is 0.797. The average Bonchev–Trinajstić information content (AvgIpc) is 3.23. The molecule has 0 aromatic heterocycles. The molecule has 0 unspecified atom stereocenters. The van der Waals surface area contributed by atoms with Gasteiger partial charge in [-0.3, -0.25) is 0 Å². The number of sulfonamides is 1. The van der Waals surface area contributed by atoms with Crippen molar-refractivity contribution in [2.45, 2.75) is 30.3 Å². The molecular weight excluding hydrogens is 335 g/mol. The first-order valence-corrected chi connectivity index (χ1v) is 8.80. The molecule has 1 aromatic rings. The van der Waals surface area contributed by atoms with Crippen molar-refractivity contribution in [3.63, 3.8) is 0 Å². The van der Waals surface area contributed by atoms with Gasteiger partial charge < -0.3 is 10.5 Å². The Balaban J connectivity index is 2.41. The van der Waals surface area contributed by atoms with Crippen LogP contribution in [0.3, 0.4) is 0 Å². The monoisotopic (exact) mass is 352 g/mol.